The van der Waals surface area contributed by atoms with E-state index in [4.69, 9.17) is 0 Å². The Labute approximate surface area is 132 Å². The molecule has 4 nitrogen and oxygen atoms in total. The molecule has 3 rings (SSSR count). The van der Waals surface area contributed by atoms with Gasteiger partial charge in [0.2, 0.25) is 0 Å². The Morgan fingerprint density at radius 2 is 2.32 bits per heavy atom. The number of nitrogens with zero attached hydrogens (tertiary/aromatic N) is 1. The molecular formula is C16H18FN3OS. The number of thiazole rings is 1. The molecule has 0 fully saturated rings. The number of aryl methyl sites for hydroxylation is 2. The van der Waals surface area contributed by atoms with Gasteiger partial charge in [-0.15, -0.1) is 11.3 Å². The van der Waals surface area contributed by atoms with E-state index in [-0.39, 0.29) is 23.9 Å². The van der Waals surface area contributed by atoms with Crippen molar-refractivity contribution in [3.63, 3.8) is 0 Å². The molecule has 2 aromatic rings. The Hall–Kier alpha value is -1.95. The topological polar surface area (TPSA) is 54.0 Å². The number of amides is 2. The predicted molar refractivity (Wildman–Crippen MR) is 84.4 cm³/mol. The summed E-state index contributed by atoms with van der Waals surface area (Å²) in [7, 11) is 0. The predicted octanol–water partition coefficient (Wildman–Crippen LogP) is 3.64. The van der Waals surface area contributed by atoms with Crippen LogP contribution < -0.4 is 10.6 Å². The maximum atomic E-state index is 13.4. The molecule has 0 bridgehead atoms. The molecule has 2 amide bonds. The Kier molecular flexibility index (Phi) is 4.11. The van der Waals surface area contributed by atoms with Crippen LogP contribution in [0.5, 0.6) is 0 Å². The lowest BCUT2D eigenvalue weighted by Gasteiger charge is -2.17. The van der Waals surface area contributed by atoms with E-state index in [1.165, 1.54) is 12.1 Å². The second-order valence-electron chi connectivity index (χ2n) is 5.57. The molecule has 2 N–H and O–H groups in total. The van der Waals surface area contributed by atoms with Crippen LogP contribution in [0.3, 0.4) is 0 Å². The number of hydrogen-bond donors (Lipinski definition) is 2. The maximum absolute atomic E-state index is 13.4. The van der Waals surface area contributed by atoms with Gasteiger partial charge in [0, 0.05) is 5.38 Å². The summed E-state index contributed by atoms with van der Waals surface area (Å²) in [5.41, 5.74) is 2.85. The molecule has 1 heterocycles. The first-order chi connectivity index (χ1) is 10.5. The molecule has 0 unspecified atom stereocenters. The van der Waals surface area contributed by atoms with Gasteiger partial charge >= 0.3 is 6.03 Å². The van der Waals surface area contributed by atoms with E-state index in [2.05, 4.69) is 15.6 Å². The highest BCUT2D eigenvalue weighted by Crippen LogP contribution is 2.31. The summed E-state index contributed by atoms with van der Waals surface area (Å²) in [4.78, 5) is 16.5. The van der Waals surface area contributed by atoms with Crippen LogP contribution >= 0.6 is 11.3 Å². The van der Waals surface area contributed by atoms with Crippen molar-refractivity contribution in [1.29, 1.82) is 0 Å². The molecule has 0 radical (unpaired) electrons. The Morgan fingerprint density at radius 3 is 3.05 bits per heavy atom. The first kappa shape index (κ1) is 15.0. The summed E-state index contributed by atoms with van der Waals surface area (Å²) in [6.07, 6.45) is 1.66. The van der Waals surface area contributed by atoms with Gasteiger partial charge in [-0.25, -0.2) is 14.2 Å². The first-order valence-electron chi connectivity index (χ1n) is 7.30. The summed E-state index contributed by atoms with van der Waals surface area (Å²) in [5, 5.41) is 8.73. The van der Waals surface area contributed by atoms with Gasteiger partial charge in [0.1, 0.15) is 5.82 Å². The standard InChI is InChI=1S/C16H18FN3OS/c1-9(15-8-22-10(2)19-15)18-16(21)20-14-6-4-11-3-5-12(17)7-13(11)14/h3,5,7-9,14H,4,6H2,1-2H3,(H2,18,20,21)/t9-,14-/m0/s1. The number of aromatic nitrogens is 1. The quantitative estimate of drug-likeness (QED) is 0.907. The summed E-state index contributed by atoms with van der Waals surface area (Å²) < 4.78 is 13.4. The fraction of sp³-hybridized carbons (Fsp3) is 0.375. The fourth-order valence-corrected chi connectivity index (χ4v) is 3.48. The molecule has 0 saturated heterocycles. The number of nitrogens with one attached hydrogen (secondary N) is 2. The Balaban J connectivity index is 1.63. The number of rotatable bonds is 3. The van der Waals surface area contributed by atoms with Gasteiger partial charge < -0.3 is 10.6 Å². The summed E-state index contributed by atoms with van der Waals surface area (Å²) in [5.74, 6) is -0.265. The van der Waals surface area contributed by atoms with Gasteiger partial charge in [0.25, 0.3) is 0 Å². The summed E-state index contributed by atoms with van der Waals surface area (Å²) in [6.45, 7) is 3.83. The molecule has 0 aliphatic heterocycles. The Bertz CT molecular complexity index is 700. The van der Waals surface area contributed by atoms with E-state index >= 15 is 0 Å². The van der Waals surface area contributed by atoms with Crippen molar-refractivity contribution in [2.75, 3.05) is 0 Å². The molecule has 1 aromatic carbocycles. The highest BCUT2D eigenvalue weighted by atomic mass is 32.1. The first-order valence-corrected chi connectivity index (χ1v) is 8.18. The molecule has 2 atom stereocenters. The van der Waals surface area contributed by atoms with Gasteiger partial charge in [-0.3, -0.25) is 0 Å². The highest BCUT2D eigenvalue weighted by Gasteiger charge is 2.25. The average Bonchev–Trinajstić information content (AvgIpc) is 3.06. The zero-order valence-corrected chi connectivity index (χ0v) is 13.3. The van der Waals surface area contributed by atoms with Crippen LogP contribution in [-0.2, 0) is 6.42 Å². The maximum Gasteiger partial charge on any atom is 0.315 e. The second kappa shape index (κ2) is 6.04. The minimum Gasteiger partial charge on any atom is -0.331 e. The number of hydrogen-bond acceptors (Lipinski definition) is 3. The summed E-state index contributed by atoms with van der Waals surface area (Å²) >= 11 is 1.56. The molecule has 6 heteroatoms. The van der Waals surface area contributed by atoms with Crippen LogP contribution in [0.15, 0.2) is 23.6 Å². The zero-order valence-electron chi connectivity index (χ0n) is 12.5. The van der Waals surface area contributed by atoms with Crippen molar-refractivity contribution in [3.8, 4) is 0 Å². The van der Waals surface area contributed by atoms with Crippen LogP contribution in [-0.4, -0.2) is 11.0 Å². The van der Waals surface area contributed by atoms with E-state index in [0.29, 0.717) is 0 Å². The number of benzene rings is 1. The highest BCUT2D eigenvalue weighted by molar-refractivity contribution is 7.09. The average molecular weight is 319 g/mol. The number of fused-ring (bicyclic) bond motifs is 1. The minimum absolute atomic E-state index is 0.130. The van der Waals surface area contributed by atoms with Crippen molar-refractivity contribution in [1.82, 2.24) is 15.6 Å². The van der Waals surface area contributed by atoms with E-state index in [1.54, 1.807) is 17.4 Å². The lowest BCUT2D eigenvalue weighted by Crippen LogP contribution is -2.38. The number of carbonyl (C=O) groups excluding carboxylic acids is 1. The smallest absolute Gasteiger partial charge is 0.315 e. The number of carbonyl (C=O) groups is 1. The van der Waals surface area contributed by atoms with Crippen LogP contribution in [0.25, 0.3) is 0 Å². The van der Waals surface area contributed by atoms with Crippen LogP contribution in [0.1, 0.15) is 47.3 Å². The van der Waals surface area contributed by atoms with Crippen LogP contribution in [0, 0.1) is 12.7 Å². The Morgan fingerprint density at radius 1 is 1.50 bits per heavy atom. The molecule has 1 aliphatic rings. The van der Waals surface area contributed by atoms with Gasteiger partial charge in [-0.2, -0.15) is 0 Å². The monoisotopic (exact) mass is 319 g/mol. The molecule has 22 heavy (non-hydrogen) atoms. The molecule has 0 spiro atoms. The number of halogens is 1. The SMILES string of the molecule is Cc1nc([C@H](C)NC(=O)N[C@H]2CCc3ccc(F)cc32)cs1. The minimum atomic E-state index is -0.265. The van der Waals surface area contributed by atoms with Gasteiger partial charge in [0.05, 0.1) is 22.8 Å². The van der Waals surface area contributed by atoms with Crippen LogP contribution in [0.4, 0.5) is 9.18 Å². The van der Waals surface area contributed by atoms with Crippen molar-refractivity contribution in [2.24, 2.45) is 0 Å². The van der Waals surface area contributed by atoms with Crippen molar-refractivity contribution >= 4 is 17.4 Å². The third-order valence-electron chi connectivity index (χ3n) is 3.92. The van der Waals surface area contributed by atoms with E-state index in [0.717, 1.165) is 34.7 Å². The van der Waals surface area contributed by atoms with E-state index < -0.39 is 0 Å². The second-order valence-corrected chi connectivity index (χ2v) is 6.63. The molecule has 1 aromatic heterocycles. The normalized spacial score (nSPS) is 17.9. The lowest BCUT2D eigenvalue weighted by atomic mass is 10.1. The molecule has 116 valence electrons. The van der Waals surface area contributed by atoms with Crippen molar-refractivity contribution in [3.05, 3.63) is 51.2 Å². The van der Waals surface area contributed by atoms with E-state index in [1.807, 2.05) is 19.2 Å². The van der Waals surface area contributed by atoms with Crippen molar-refractivity contribution < 1.29 is 9.18 Å². The van der Waals surface area contributed by atoms with Gasteiger partial charge in [-0.05, 0) is 49.9 Å². The van der Waals surface area contributed by atoms with Crippen molar-refractivity contribution in [2.45, 2.75) is 38.8 Å². The molecule has 0 saturated carbocycles. The summed E-state index contributed by atoms with van der Waals surface area (Å²) in [6, 6.07) is 4.24. The zero-order chi connectivity index (χ0) is 15.7. The third kappa shape index (κ3) is 3.11. The third-order valence-corrected chi connectivity index (χ3v) is 4.71. The molecule has 1 aliphatic carbocycles. The van der Waals surface area contributed by atoms with Crippen LogP contribution in [0.2, 0.25) is 0 Å². The lowest BCUT2D eigenvalue weighted by molar-refractivity contribution is 0.234. The van der Waals surface area contributed by atoms with Gasteiger partial charge in [0.15, 0.2) is 0 Å². The van der Waals surface area contributed by atoms with Gasteiger partial charge in [-0.1, -0.05) is 6.07 Å². The molecular weight excluding hydrogens is 301 g/mol. The number of urea groups is 1. The largest absolute Gasteiger partial charge is 0.331 e. The van der Waals surface area contributed by atoms with E-state index in [9.17, 15) is 9.18 Å². The fourth-order valence-electron chi connectivity index (χ4n) is 2.77.